The van der Waals surface area contributed by atoms with Crippen LogP contribution in [0.4, 0.5) is 36.8 Å². The maximum atomic E-state index is 13.9. The Morgan fingerprint density at radius 2 is 1.54 bits per heavy atom. The van der Waals surface area contributed by atoms with E-state index in [1.54, 1.807) is 6.07 Å². The summed E-state index contributed by atoms with van der Waals surface area (Å²) < 4.78 is 98.1. The van der Waals surface area contributed by atoms with Crippen molar-refractivity contribution in [2.45, 2.75) is 61.5 Å². The van der Waals surface area contributed by atoms with Crippen molar-refractivity contribution < 1.29 is 45.3 Å². The molecule has 3 aliphatic rings. The molecule has 7 nitrogen and oxygen atoms in total. The molecule has 0 saturated carbocycles. The molecule has 0 aromatic heterocycles. The smallest absolute Gasteiger partial charge is 0.421 e. The zero-order valence-electron chi connectivity index (χ0n) is 20.6. The molecule has 0 radical (unpaired) electrons. The Hall–Kier alpha value is -3.03. The third kappa shape index (κ3) is 5.03. The van der Waals surface area contributed by atoms with E-state index in [4.69, 9.17) is 14.2 Å². The third-order valence-electron chi connectivity index (χ3n) is 7.43. The van der Waals surface area contributed by atoms with Gasteiger partial charge < -0.3 is 24.8 Å². The summed E-state index contributed by atoms with van der Waals surface area (Å²) >= 11 is 0. The molecule has 4 atom stereocenters. The minimum atomic E-state index is -4.64. The molecule has 3 aliphatic heterocycles. The Kier molecular flexibility index (Phi) is 7.18. The van der Waals surface area contributed by atoms with Crippen LogP contribution < -0.4 is 20.7 Å². The van der Waals surface area contributed by atoms with Gasteiger partial charge in [0.05, 0.1) is 19.3 Å². The highest BCUT2D eigenvalue weighted by molar-refractivity contribution is 5.89. The van der Waals surface area contributed by atoms with Crippen LogP contribution in [0.15, 0.2) is 48.5 Å². The van der Waals surface area contributed by atoms with E-state index in [0.717, 1.165) is 0 Å². The van der Waals surface area contributed by atoms with Crippen LogP contribution in [0.5, 0.6) is 5.75 Å². The lowest BCUT2D eigenvalue weighted by Gasteiger charge is -2.44. The van der Waals surface area contributed by atoms with Crippen molar-refractivity contribution in [3.8, 4) is 5.75 Å². The van der Waals surface area contributed by atoms with E-state index in [-0.39, 0.29) is 48.6 Å². The number of piperidine rings is 1. The third-order valence-corrected chi connectivity index (χ3v) is 7.43. The van der Waals surface area contributed by atoms with Crippen LogP contribution in [0.3, 0.4) is 0 Å². The number of ether oxygens (including phenoxy) is 3. The van der Waals surface area contributed by atoms with Gasteiger partial charge in [-0.2, -0.15) is 26.3 Å². The monoisotopic (exact) mass is 559 g/mol. The number of anilines is 1. The van der Waals surface area contributed by atoms with Gasteiger partial charge in [-0.25, -0.2) is 4.79 Å². The van der Waals surface area contributed by atoms with Crippen LogP contribution in [0, 0.1) is 0 Å². The van der Waals surface area contributed by atoms with Crippen molar-refractivity contribution in [1.29, 1.82) is 0 Å². The second-order valence-corrected chi connectivity index (χ2v) is 9.76. The molecule has 39 heavy (non-hydrogen) atoms. The van der Waals surface area contributed by atoms with Gasteiger partial charge >= 0.3 is 18.4 Å². The molecule has 5 rings (SSSR count). The number of urea groups is 1. The summed E-state index contributed by atoms with van der Waals surface area (Å²) in [6.45, 7) is 0.512. The first-order valence-electron chi connectivity index (χ1n) is 12.5. The number of amides is 2. The molecule has 3 heterocycles. The lowest BCUT2D eigenvalue weighted by atomic mass is 9.85. The molecule has 0 spiro atoms. The van der Waals surface area contributed by atoms with Gasteiger partial charge in [-0.1, -0.05) is 30.3 Å². The number of para-hydroxylation sites is 1. The van der Waals surface area contributed by atoms with Crippen LogP contribution >= 0.6 is 0 Å². The van der Waals surface area contributed by atoms with Gasteiger partial charge in [-0.15, -0.1) is 0 Å². The van der Waals surface area contributed by atoms with E-state index in [9.17, 15) is 31.1 Å². The molecule has 3 fully saturated rings. The van der Waals surface area contributed by atoms with Crippen molar-refractivity contribution in [2.75, 3.05) is 25.1 Å². The van der Waals surface area contributed by atoms with Crippen molar-refractivity contribution in [3.05, 3.63) is 59.7 Å². The number of alkyl halides is 6. The Morgan fingerprint density at radius 3 is 2.10 bits per heavy atom. The Balaban J connectivity index is 1.26. The highest BCUT2D eigenvalue weighted by Gasteiger charge is 2.63. The largest absolute Gasteiger partial charge is 0.473 e. The number of halogens is 6. The predicted octanol–water partition coefficient (Wildman–Crippen LogP) is 5.32. The average molecular weight is 560 g/mol. The van der Waals surface area contributed by atoms with Gasteiger partial charge in [-0.05, 0) is 43.1 Å². The Labute approximate surface area is 220 Å². The van der Waals surface area contributed by atoms with Crippen LogP contribution in [-0.4, -0.2) is 50.4 Å². The van der Waals surface area contributed by atoms with Crippen molar-refractivity contribution in [3.63, 3.8) is 0 Å². The fourth-order valence-electron chi connectivity index (χ4n) is 5.15. The molecule has 4 unspecified atom stereocenters. The number of hydrogen-bond acceptors (Lipinski definition) is 5. The summed E-state index contributed by atoms with van der Waals surface area (Å²) in [6, 6.07) is 9.75. The number of carbonyl (C=O) groups is 1. The van der Waals surface area contributed by atoms with Crippen molar-refractivity contribution >= 4 is 11.7 Å². The van der Waals surface area contributed by atoms with Crippen LogP contribution in [0.2, 0.25) is 0 Å². The summed E-state index contributed by atoms with van der Waals surface area (Å²) in [4.78, 5) is 12.7. The van der Waals surface area contributed by atoms with Gasteiger partial charge in [0.1, 0.15) is 5.75 Å². The minimum Gasteiger partial charge on any atom is -0.473 e. The fourth-order valence-corrected chi connectivity index (χ4v) is 5.15. The molecule has 212 valence electrons. The second kappa shape index (κ2) is 10.2. The van der Waals surface area contributed by atoms with Gasteiger partial charge in [0.15, 0.2) is 17.4 Å². The summed E-state index contributed by atoms with van der Waals surface area (Å²) in [7, 11) is 0. The number of carbonyl (C=O) groups excluding carboxylic acids is 1. The Morgan fingerprint density at radius 1 is 0.923 bits per heavy atom. The van der Waals surface area contributed by atoms with E-state index >= 15 is 0 Å². The summed E-state index contributed by atoms with van der Waals surface area (Å²) in [6.07, 6.45) is -9.28. The first-order valence-corrected chi connectivity index (χ1v) is 12.5. The maximum absolute atomic E-state index is 13.9. The molecule has 0 aliphatic carbocycles. The van der Waals surface area contributed by atoms with E-state index in [1.165, 1.54) is 42.5 Å². The minimum absolute atomic E-state index is 0.00599. The van der Waals surface area contributed by atoms with Gasteiger partial charge in [0.25, 0.3) is 0 Å². The normalized spacial score (nSPS) is 29.1. The molecule has 2 aromatic rings. The predicted molar refractivity (Wildman–Crippen MR) is 127 cm³/mol. The maximum Gasteiger partial charge on any atom is 0.421 e. The second-order valence-electron chi connectivity index (χ2n) is 9.76. The van der Waals surface area contributed by atoms with Crippen LogP contribution in [0.1, 0.15) is 36.8 Å². The SMILES string of the molecule is O=C(Nc1ccc(C2(C(F)(F)F)CCO2)cc1)NC1CCCNC1Oc1ccccc1C1(C(F)(F)F)CCO1. The Bertz CT molecular complexity index is 1180. The lowest BCUT2D eigenvalue weighted by Crippen LogP contribution is -2.57. The fraction of sp³-hybridized carbons (Fsp3) is 0.500. The summed E-state index contributed by atoms with van der Waals surface area (Å²) in [5.74, 6) is -0.00599. The van der Waals surface area contributed by atoms with E-state index < -0.39 is 41.9 Å². The number of benzene rings is 2. The zero-order chi connectivity index (χ0) is 27.9. The summed E-state index contributed by atoms with van der Waals surface area (Å²) in [5.41, 5.74) is -4.71. The molecular weight excluding hydrogens is 532 g/mol. The van der Waals surface area contributed by atoms with E-state index in [2.05, 4.69) is 16.0 Å². The highest BCUT2D eigenvalue weighted by atomic mass is 19.4. The molecule has 2 aromatic carbocycles. The molecule has 3 N–H and O–H groups in total. The van der Waals surface area contributed by atoms with E-state index in [0.29, 0.717) is 19.4 Å². The van der Waals surface area contributed by atoms with Crippen molar-refractivity contribution in [2.24, 2.45) is 0 Å². The summed E-state index contributed by atoms with van der Waals surface area (Å²) in [5, 5.41) is 8.41. The van der Waals surface area contributed by atoms with Gasteiger partial charge in [0, 0.05) is 24.1 Å². The first-order chi connectivity index (χ1) is 18.5. The highest BCUT2D eigenvalue weighted by Crippen LogP contribution is 2.53. The van der Waals surface area contributed by atoms with Gasteiger partial charge in [-0.3, -0.25) is 5.32 Å². The number of hydrogen-bond donors (Lipinski definition) is 3. The molecule has 0 bridgehead atoms. The molecule has 3 saturated heterocycles. The molecule has 13 heteroatoms. The number of rotatable bonds is 6. The quantitative estimate of drug-likeness (QED) is 0.418. The van der Waals surface area contributed by atoms with Crippen molar-refractivity contribution in [1.82, 2.24) is 10.6 Å². The van der Waals surface area contributed by atoms with Crippen LogP contribution in [0.25, 0.3) is 0 Å². The van der Waals surface area contributed by atoms with Gasteiger partial charge in [0.2, 0.25) is 0 Å². The molecular formula is C26H27F6N3O4. The zero-order valence-corrected chi connectivity index (χ0v) is 20.6. The average Bonchev–Trinajstić information content (AvgIpc) is 2.79. The molecule has 2 amide bonds. The topological polar surface area (TPSA) is 80.9 Å². The lowest BCUT2D eigenvalue weighted by molar-refractivity contribution is -0.334. The standard InChI is InChI=1S/C26H27F6N3O4/c27-25(28,29)23(11-14-37-23)16-7-9-17(10-8-16)34-22(36)35-19-5-3-13-33-21(19)39-20-6-2-1-4-18(20)24(12-15-38-24)26(30,31)32/h1-2,4,6-10,19,21,33H,3,5,11-15H2,(H2,34,35,36). The number of nitrogens with one attached hydrogen (secondary N) is 3. The first kappa shape index (κ1) is 27.5. The van der Waals surface area contributed by atoms with Crippen LogP contribution in [-0.2, 0) is 20.7 Å². The van der Waals surface area contributed by atoms with E-state index in [1.807, 2.05) is 0 Å².